The summed E-state index contributed by atoms with van der Waals surface area (Å²) >= 11 is 0. The monoisotopic (exact) mass is 375 g/mol. The Balaban J connectivity index is 1.77. The van der Waals surface area contributed by atoms with Crippen LogP contribution in [0.5, 0.6) is 0 Å². The number of benzene rings is 2. The number of ether oxygens (including phenoxy) is 1. The minimum atomic E-state index is -1.91. The summed E-state index contributed by atoms with van der Waals surface area (Å²) in [5.74, 6) is -2.44. The molecular weight excluding hydrogens is 356 g/mol. The van der Waals surface area contributed by atoms with Gasteiger partial charge in [-0.05, 0) is 25.0 Å². The van der Waals surface area contributed by atoms with Gasteiger partial charge in [0, 0.05) is 11.6 Å². The number of imide groups is 1. The number of nitrogens with zero attached hydrogens (tertiary/aromatic N) is 1. The fraction of sp³-hybridized carbons (Fsp3) is 0.300. The summed E-state index contributed by atoms with van der Waals surface area (Å²) in [6.07, 6.45) is -0.933. The maximum atomic E-state index is 14.0. The quantitative estimate of drug-likeness (QED) is 0.872. The van der Waals surface area contributed by atoms with Crippen molar-refractivity contribution in [2.75, 3.05) is 6.61 Å². The van der Waals surface area contributed by atoms with Crippen LogP contribution in [-0.2, 0) is 21.6 Å². The van der Waals surface area contributed by atoms with E-state index in [0.717, 1.165) is 22.6 Å². The molecule has 7 heteroatoms. The molecular formula is C20H19F2NO4. The Morgan fingerprint density at radius 3 is 2.63 bits per heavy atom. The van der Waals surface area contributed by atoms with E-state index in [1.54, 1.807) is 0 Å². The average molecular weight is 375 g/mol. The zero-order chi connectivity index (χ0) is 19.6. The maximum Gasteiger partial charge on any atom is 0.416 e. The average Bonchev–Trinajstić information content (AvgIpc) is 2.95. The molecule has 0 aliphatic carbocycles. The lowest BCUT2D eigenvalue weighted by Crippen LogP contribution is -2.43. The minimum Gasteiger partial charge on any atom is -0.447 e. The van der Waals surface area contributed by atoms with Crippen molar-refractivity contribution in [1.82, 2.24) is 4.90 Å². The standard InChI is InChI=1S/C20H19F2NO4/c1-20(26,16-8-7-14(21)10-17(16)22)11-18(24)23-15(12-27-19(23)25)9-13-5-3-2-4-6-13/h2-8,10,15,26H,9,11-12H2,1H3/t15-,20-/m1/s1. The Morgan fingerprint density at radius 1 is 1.26 bits per heavy atom. The van der Waals surface area contributed by atoms with E-state index in [1.807, 2.05) is 30.3 Å². The molecule has 5 nitrogen and oxygen atoms in total. The van der Waals surface area contributed by atoms with Crippen molar-refractivity contribution in [3.05, 3.63) is 71.3 Å². The normalized spacial score (nSPS) is 18.9. The number of aliphatic hydroxyl groups is 1. The van der Waals surface area contributed by atoms with Crippen molar-refractivity contribution < 1.29 is 28.2 Å². The van der Waals surface area contributed by atoms with E-state index < -0.39 is 41.7 Å². The van der Waals surface area contributed by atoms with E-state index in [4.69, 9.17) is 4.74 Å². The summed E-state index contributed by atoms with van der Waals surface area (Å²) in [4.78, 5) is 25.7. The molecule has 0 unspecified atom stereocenters. The highest BCUT2D eigenvalue weighted by Crippen LogP contribution is 2.30. The molecule has 0 spiro atoms. The van der Waals surface area contributed by atoms with E-state index in [9.17, 15) is 23.5 Å². The summed E-state index contributed by atoms with van der Waals surface area (Å²) in [5, 5.41) is 10.6. The topological polar surface area (TPSA) is 66.8 Å². The van der Waals surface area contributed by atoms with Crippen molar-refractivity contribution in [2.45, 2.75) is 31.4 Å². The lowest BCUT2D eigenvalue weighted by atomic mass is 9.91. The van der Waals surface area contributed by atoms with E-state index in [0.29, 0.717) is 12.5 Å². The van der Waals surface area contributed by atoms with Crippen LogP contribution in [0.15, 0.2) is 48.5 Å². The number of halogens is 2. The van der Waals surface area contributed by atoms with Crippen molar-refractivity contribution in [2.24, 2.45) is 0 Å². The van der Waals surface area contributed by atoms with Gasteiger partial charge >= 0.3 is 6.09 Å². The predicted molar refractivity (Wildman–Crippen MR) is 92.7 cm³/mol. The van der Waals surface area contributed by atoms with Crippen LogP contribution >= 0.6 is 0 Å². The molecule has 142 valence electrons. The first-order valence-corrected chi connectivity index (χ1v) is 8.48. The van der Waals surface area contributed by atoms with Crippen LogP contribution in [0.3, 0.4) is 0 Å². The Kier molecular flexibility index (Phi) is 5.23. The summed E-state index contributed by atoms with van der Waals surface area (Å²) in [6.45, 7) is 1.29. The molecule has 0 aromatic heterocycles. The Labute approximate surface area is 155 Å². The van der Waals surface area contributed by atoms with Gasteiger partial charge in [-0.2, -0.15) is 0 Å². The van der Waals surface area contributed by atoms with Crippen molar-refractivity contribution in [3.63, 3.8) is 0 Å². The lowest BCUT2D eigenvalue weighted by Gasteiger charge is -2.27. The summed E-state index contributed by atoms with van der Waals surface area (Å²) in [6, 6.07) is 11.5. The Bertz CT molecular complexity index is 854. The second-order valence-electron chi connectivity index (χ2n) is 6.76. The number of cyclic esters (lactones) is 1. The van der Waals surface area contributed by atoms with E-state index in [-0.39, 0.29) is 12.2 Å². The molecule has 2 amide bonds. The molecule has 3 rings (SSSR count). The number of rotatable bonds is 5. The van der Waals surface area contributed by atoms with Crippen molar-refractivity contribution in [3.8, 4) is 0 Å². The van der Waals surface area contributed by atoms with Gasteiger partial charge in [0.1, 0.15) is 18.2 Å². The second kappa shape index (κ2) is 7.44. The van der Waals surface area contributed by atoms with Gasteiger partial charge in [0.15, 0.2) is 0 Å². The van der Waals surface area contributed by atoms with Crippen LogP contribution in [0.1, 0.15) is 24.5 Å². The molecule has 1 saturated heterocycles. The number of carbonyl (C=O) groups is 2. The van der Waals surface area contributed by atoms with Gasteiger partial charge in [-0.3, -0.25) is 4.79 Å². The van der Waals surface area contributed by atoms with Crippen molar-refractivity contribution >= 4 is 12.0 Å². The summed E-state index contributed by atoms with van der Waals surface area (Å²) in [7, 11) is 0. The highest BCUT2D eigenvalue weighted by atomic mass is 19.1. The summed E-state index contributed by atoms with van der Waals surface area (Å²) < 4.78 is 32.1. The molecule has 2 atom stereocenters. The van der Waals surface area contributed by atoms with E-state index in [1.165, 1.54) is 6.92 Å². The largest absolute Gasteiger partial charge is 0.447 e. The fourth-order valence-corrected chi connectivity index (χ4v) is 3.20. The number of amides is 2. The third-order valence-corrected chi connectivity index (χ3v) is 4.55. The molecule has 1 fully saturated rings. The van der Waals surface area contributed by atoms with Crippen LogP contribution in [0.2, 0.25) is 0 Å². The predicted octanol–water partition coefficient (Wildman–Crippen LogP) is 3.15. The first-order valence-electron chi connectivity index (χ1n) is 8.48. The van der Waals surface area contributed by atoms with E-state index in [2.05, 4.69) is 0 Å². The lowest BCUT2D eigenvalue weighted by molar-refractivity contribution is -0.134. The number of carbonyl (C=O) groups excluding carboxylic acids is 2. The van der Waals surface area contributed by atoms with Gasteiger partial charge in [-0.15, -0.1) is 0 Å². The SMILES string of the molecule is C[C@@](O)(CC(=O)N1C(=O)OC[C@H]1Cc1ccccc1)c1ccc(F)cc1F. The zero-order valence-corrected chi connectivity index (χ0v) is 14.7. The van der Waals surface area contributed by atoms with E-state index >= 15 is 0 Å². The second-order valence-corrected chi connectivity index (χ2v) is 6.76. The molecule has 2 aromatic rings. The van der Waals surface area contributed by atoms with Crippen LogP contribution in [0, 0.1) is 11.6 Å². The first kappa shape index (κ1) is 19.0. The molecule has 0 bridgehead atoms. The molecule has 27 heavy (non-hydrogen) atoms. The first-order chi connectivity index (χ1) is 12.8. The minimum absolute atomic E-state index is 0.0481. The van der Waals surface area contributed by atoms with Crippen LogP contribution in [0.25, 0.3) is 0 Å². The van der Waals surface area contributed by atoms with Crippen LogP contribution < -0.4 is 0 Å². The third-order valence-electron chi connectivity index (χ3n) is 4.55. The third kappa shape index (κ3) is 4.14. The van der Waals surface area contributed by atoms with Gasteiger partial charge in [0.05, 0.1) is 18.1 Å². The smallest absolute Gasteiger partial charge is 0.416 e. The molecule has 0 saturated carbocycles. The Morgan fingerprint density at radius 2 is 1.96 bits per heavy atom. The number of hydrogen-bond donors (Lipinski definition) is 1. The van der Waals surface area contributed by atoms with Crippen LogP contribution in [0.4, 0.5) is 13.6 Å². The van der Waals surface area contributed by atoms with Gasteiger partial charge in [0.2, 0.25) is 5.91 Å². The number of hydrogen-bond acceptors (Lipinski definition) is 4. The Hall–Kier alpha value is -2.80. The van der Waals surface area contributed by atoms with Crippen molar-refractivity contribution in [1.29, 1.82) is 0 Å². The maximum absolute atomic E-state index is 14.0. The highest BCUT2D eigenvalue weighted by molar-refractivity contribution is 5.94. The highest BCUT2D eigenvalue weighted by Gasteiger charge is 2.41. The molecule has 2 aromatic carbocycles. The van der Waals surface area contributed by atoms with Gasteiger partial charge < -0.3 is 9.84 Å². The summed E-state index contributed by atoms with van der Waals surface area (Å²) in [5.41, 5.74) is -1.20. The van der Waals surface area contributed by atoms with Gasteiger partial charge in [-0.1, -0.05) is 36.4 Å². The van der Waals surface area contributed by atoms with Gasteiger partial charge in [0.25, 0.3) is 0 Å². The molecule has 1 aliphatic rings. The van der Waals surface area contributed by atoms with Crippen LogP contribution in [-0.4, -0.2) is 34.7 Å². The molecule has 1 N–H and O–H groups in total. The fourth-order valence-electron chi connectivity index (χ4n) is 3.20. The molecule has 1 aliphatic heterocycles. The zero-order valence-electron chi connectivity index (χ0n) is 14.7. The molecule has 1 heterocycles. The molecule has 0 radical (unpaired) electrons. The van der Waals surface area contributed by atoms with Gasteiger partial charge in [-0.25, -0.2) is 18.5 Å².